The predicted octanol–water partition coefficient (Wildman–Crippen LogP) is 4.99. The Kier molecular flexibility index (Phi) is 6.61. The van der Waals surface area contributed by atoms with E-state index >= 15 is 0 Å². The predicted molar refractivity (Wildman–Crippen MR) is 144 cm³/mol. The van der Waals surface area contributed by atoms with E-state index in [9.17, 15) is 39.3 Å². The minimum Gasteiger partial charge on any atom is -0.507 e. The van der Waals surface area contributed by atoms with Crippen LogP contribution < -0.4 is 0 Å². The maximum atomic E-state index is 12.9. The molecule has 0 atom stereocenters. The Labute approximate surface area is 228 Å². The summed E-state index contributed by atoms with van der Waals surface area (Å²) in [7, 11) is 0. The van der Waals surface area contributed by atoms with Gasteiger partial charge in [0.1, 0.15) is 17.1 Å². The largest absolute Gasteiger partial charge is 0.507 e. The zero-order valence-corrected chi connectivity index (χ0v) is 21.2. The van der Waals surface area contributed by atoms with E-state index in [4.69, 9.17) is 0 Å². The van der Waals surface area contributed by atoms with Gasteiger partial charge in [-0.2, -0.15) is 0 Å². The average molecular weight is 535 g/mol. The number of phenolic OH excluding ortho intramolecular Hbond substituents is 1. The fourth-order valence-electron chi connectivity index (χ4n) is 5.19. The summed E-state index contributed by atoms with van der Waals surface area (Å²) in [6, 6.07) is 19.1. The highest BCUT2D eigenvalue weighted by Crippen LogP contribution is 2.38. The molecule has 6 rings (SSSR count). The third kappa shape index (κ3) is 4.06. The van der Waals surface area contributed by atoms with Crippen molar-refractivity contribution in [3.63, 3.8) is 0 Å². The van der Waals surface area contributed by atoms with Crippen molar-refractivity contribution in [3.8, 4) is 11.5 Å². The molecule has 8 nitrogen and oxygen atoms in total. The molecule has 3 N–H and O–H groups in total. The number of fused-ring (bicyclic) bond motifs is 4. The van der Waals surface area contributed by atoms with E-state index in [-0.39, 0.29) is 57.1 Å². The molecule has 0 spiro atoms. The standard InChI is InChI=1S/C18H14O6.C14H8O2/c1-2-4-8-13-10(7-12(20)15(8)18(23)24)16(21)9-5-3-6-11(19)14(9)17(13)22;15-13-9-5-1-2-6-10(9)14(16)12-8-4-3-7-11(12)13/h3,5-7,19-20H,2,4H2,1H3,(H,23,24);1-8H. The molecular formula is C32H22O8. The number of aromatic carboxylic acids is 1. The lowest BCUT2D eigenvalue weighted by Crippen LogP contribution is -2.24. The normalized spacial score (nSPS) is 12.9. The Morgan fingerprint density at radius 3 is 1.55 bits per heavy atom. The molecule has 0 fully saturated rings. The average Bonchev–Trinajstić information content (AvgIpc) is 2.94. The summed E-state index contributed by atoms with van der Waals surface area (Å²) in [5.74, 6) is -3.51. The van der Waals surface area contributed by atoms with Gasteiger partial charge in [0.15, 0.2) is 23.1 Å². The zero-order chi connectivity index (χ0) is 28.7. The quantitative estimate of drug-likeness (QED) is 0.288. The van der Waals surface area contributed by atoms with E-state index in [1.54, 1.807) is 55.5 Å². The zero-order valence-electron chi connectivity index (χ0n) is 21.2. The van der Waals surface area contributed by atoms with E-state index in [1.807, 2.05) is 0 Å². The van der Waals surface area contributed by atoms with Gasteiger partial charge in [0.05, 0.1) is 5.56 Å². The lowest BCUT2D eigenvalue weighted by Gasteiger charge is -2.22. The molecular weight excluding hydrogens is 512 g/mol. The molecule has 0 saturated heterocycles. The van der Waals surface area contributed by atoms with E-state index < -0.39 is 23.3 Å². The van der Waals surface area contributed by atoms with Crippen LogP contribution in [-0.2, 0) is 6.42 Å². The lowest BCUT2D eigenvalue weighted by atomic mass is 9.79. The number of carbonyl (C=O) groups is 5. The van der Waals surface area contributed by atoms with Crippen molar-refractivity contribution in [1.29, 1.82) is 0 Å². The van der Waals surface area contributed by atoms with Crippen molar-refractivity contribution in [2.75, 3.05) is 0 Å². The molecule has 2 aliphatic rings. The molecule has 2 aliphatic carbocycles. The van der Waals surface area contributed by atoms with Gasteiger partial charge >= 0.3 is 5.97 Å². The molecule has 0 unspecified atom stereocenters. The highest BCUT2D eigenvalue weighted by Gasteiger charge is 2.36. The van der Waals surface area contributed by atoms with Crippen LogP contribution in [0.5, 0.6) is 11.5 Å². The van der Waals surface area contributed by atoms with Gasteiger partial charge in [0.25, 0.3) is 0 Å². The fourth-order valence-corrected chi connectivity index (χ4v) is 5.19. The van der Waals surface area contributed by atoms with Crippen molar-refractivity contribution in [2.45, 2.75) is 19.8 Å². The Balaban J connectivity index is 0.000000174. The molecule has 4 aromatic carbocycles. The molecule has 0 bridgehead atoms. The summed E-state index contributed by atoms with van der Waals surface area (Å²) in [5, 5.41) is 29.4. The van der Waals surface area contributed by atoms with E-state index in [0.717, 1.165) is 6.07 Å². The minimum atomic E-state index is -1.37. The molecule has 0 aromatic heterocycles. The fraction of sp³-hybridized carbons (Fsp3) is 0.0938. The number of hydrogen-bond donors (Lipinski definition) is 3. The summed E-state index contributed by atoms with van der Waals surface area (Å²) < 4.78 is 0. The lowest BCUT2D eigenvalue weighted by molar-refractivity contribution is 0.0691. The van der Waals surface area contributed by atoms with E-state index in [0.29, 0.717) is 28.7 Å². The molecule has 4 aromatic rings. The maximum absolute atomic E-state index is 12.9. The number of benzene rings is 4. The van der Waals surface area contributed by atoms with Gasteiger partial charge in [-0.1, -0.05) is 74.0 Å². The number of carboxylic acids is 1. The number of carbonyl (C=O) groups excluding carboxylic acids is 4. The second kappa shape index (κ2) is 10.1. The Hall–Kier alpha value is -5.37. The summed E-state index contributed by atoms with van der Waals surface area (Å²) in [4.78, 5) is 61.2. The van der Waals surface area contributed by atoms with E-state index in [2.05, 4.69) is 0 Å². The molecule has 0 amide bonds. The number of phenols is 2. The number of hydrogen-bond acceptors (Lipinski definition) is 7. The Morgan fingerprint density at radius 2 is 1.07 bits per heavy atom. The molecule has 0 saturated carbocycles. The molecule has 0 radical (unpaired) electrons. The van der Waals surface area contributed by atoms with Crippen LogP contribution in [0, 0.1) is 0 Å². The summed E-state index contributed by atoms with van der Waals surface area (Å²) in [6.45, 7) is 1.79. The highest BCUT2D eigenvalue weighted by molar-refractivity contribution is 6.30. The van der Waals surface area contributed by atoms with Crippen LogP contribution >= 0.6 is 0 Å². The summed E-state index contributed by atoms with van der Waals surface area (Å²) in [5.41, 5.74) is 1.58. The Bertz CT molecular complexity index is 1670. The van der Waals surface area contributed by atoms with Crippen molar-refractivity contribution < 1.29 is 39.3 Å². The maximum Gasteiger partial charge on any atom is 0.339 e. The van der Waals surface area contributed by atoms with Gasteiger partial charge in [-0.25, -0.2) is 4.79 Å². The van der Waals surface area contributed by atoms with Crippen LogP contribution in [0.2, 0.25) is 0 Å². The van der Waals surface area contributed by atoms with Crippen LogP contribution in [0.4, 0.5) is 0 Å². The third-order valence-electron chi connectivity index (χ3n) is 6.94. The van der Waals surface area contributed by atoms with E-state index in [1.165, 1.54) is 18.2 Å². The molecule has 40 heavy (non-hydrogen) atoms. The number of aromatic hydroxyl groups is 2. The number of rotatable bonds is 3. The van der Waals surface area contributed by atoms with Crippen LogP contribution in [-0.4, -0.2) is 44.4 Å². The number of carboxylic acid groups (broad SMARTS) is 1. The topological polar surface area (TPSA) is 146 Å². The van der Waals surface area contributed by atoms with Crippen molar-refractivity contribution >= 4 is 29.1 Å². The van der Waals surface area contributed by atoms with Crippen molar-refractivity contribution in [2.24, 2.45) is 0 Å². The summed E-state index contributed by atoms with van der Waals surface area (Å²) in [6.07, 6.45) is 0.728. The monoisotopic (exact) mass is 534 g/mol. The van der Waals surface area contributed by atoms with Gasteiger partial charge < -0.3 is 15.3 Å². The SMILES string of the molecule is CCCc1c(C(=O)O)c(O)cc2c1C(=O)c1c(O)cccc1C2=O.O=C1c2ccccc2C(=O)c2ccccc21. The van der Waals surface area contributed by atoms with Crippen LogP contribution in [0.3, 0.4) is 0 Å². The van der Waals surface area contributed by atoms with Crippen LogP contribution in [0.1, 0.15) is 93.0 Å². The van der Waals surface area contributed by atoms with Crippen LogP contribution in [0.15, 0.2) is 72.8 Å². The first-order chi connectivity index (χ1) is 19.2. The van der Waals surface area contributed by atoms with Gasteiger partial charge in [-0.15, -0.1) is 0 Å². The first-order valence-corrected chi connectivity index (χ1v) is 12.5. The molecule has 8 heteroatoms. The highest BCUT2D eigenvalue weighted by atomic mass is 16.4. The number of ketones is 4. The molecule has 198 valence electrons. The third-order valence-corrected chi connectivity index (χ3v) is 6.94. The second-order valence-corrected chi connectivity index (χ2v) is 9.33. The minimum absolute atomic E-state index is 0.0379. The molecule has 0 aliphatic heterocycles. The van der Waals surface area contributed by atoms with Gasteiger partial charge in [-0.3, -0.25) is 19.2 Å². The van der Waals surface area contributed by atoms with Crippen LogP contribution in [0.25, 0.3) is 0 Å². The van der Waals surface area contributed by atoms with Gasteiger partial charge in [0.2, 0.25) is 0 Å². The summed E-state index contributed by atoms with van der Waals surface area (Å²) >= 11 is 0. The van der Waals surface area contributed by atoms with Crippen molar-refractivity contribution in [1.82, 2.24) is 0 Å². The first-order valence-electron chi connectivity index (χ1n) is 12.5. The van der Waals surface area contributed by atoms with Crippen molar-refractivity contribution in [3.05, 3.63) is 128 Å². The first kappa shape index (κ1) is 26.2. The Morgan fingerprint density at radius 1 is 0.600 bits per heavy atom. The molecule has 0 heterocycles. The smallest absolute Gasteiger partial charge is 0.339 e. The second-order valence-electron chi connectivity index (χ2n) is 9.33. The van der Waals surface area contributed by atoms with Gasteiger partial charge in [-0.05, 0) is 24.1 Å². The van der Waals surface area contributed by atoms with Gasteiger partial charge in [0, 0.05) is 38.9 Å².